The van der Waals surface area contributed by atoms with Gasteiger partial charge in [-0.2, -0.15) is 0 Å². The zero-order chi connectivity index (χ0) is 16.5. The third-order valence-electron chi connectivity index (χ3n) is 4.23. The van der Waals surface area contributed by atoms with Crippen LogP contribution >= 0.6 is 0 Å². The standard InChI is InChI=1S/C18H17NO5/c20-5-6-22-15-4-2-1-3-11(15)12-8-18(21)19-14-9-17-16(7-13(12)14)23-10-24-17/h1-4,7,9,12,20H,5-6,8,10H2,(H,19,21). The maximum absolute atomic E-state index is 12.2. The Morgan fingerprint density at radius 3 is 2.79 bits per heavy atom. The van der Waals surface area contributed by atoms with Crippen LogP contribution in [0.25, 0.3) is 0 Å². The normalized spacial score (nSPS) is 18.0. The molecule has 0 aliphatic carbocycles. The Labute approximate surface area is 139 Å². The van der Waals surface area contributed by atoms with E-state index in [1.165, 1.54) is 0 Å². The lowest BCUT2D eigenvalue weighted by atomic mass is 9.84. The molecule has 0 aromatic heterocycles. The fourth-order valence-electron chi connectivity index (χ4n) is 3.18. The third-order valence-corrected chi connectivity index (χ3v) is 4.23. The number of ether oxygens (including phenoxy) is 3. The summed E-state index contributed by atoms with van der Waals surface area (Å²) in [6, 6.07) is 11.3. The molecular formula is C18H17NO5. The summed E-state index contributed by atoms with van der Waals surface area (Å²) in [5.74, 6) is 1.81. The van der Waals surface area contributed by atoms with Crippen LogP contribution in [0, 0.1) is 0 Å². The molecule has 2 aromatic carbocycles. The van der Waals surface area contributed by atoms with Crippen molar-refractivity contribution >= 4 is 11.6 Å². The number of aliphatic hydroxyl groups excluding tert-OH is 1. The van der Waals surface area contributed by atoms with Gasteiger partial charge < -0.3 is 24.6 Å². The SMILES string of the molecule is O=C1CC(c2ccccc2OCCO)c2cc3c(cc2N1)OCO3. The van der Waals surface area contributed by atoms with Crippen LogP contribution in [0.5, 0.6) is 17.2 Å². The summed E-state index contributed by atoms with van der Waals surface area (Å²) in [5.41, 5.74) is 2.62. The van der Waals surface area contributed by atoms with E-state index in [4.69, 9.17) is 19.3 Å². The van der Waals surface area contributed by atoms with Gasteiger partial charge >= 0.3 is 0 Å². The molecule has 0 spiro atoms. The Bertz CT molecular complexity index is 789. The van der Waals surface area contributed by atoms with Crippen molar-refractivity contribution in [3.63, 3.8) is 0 Å². The Balaban J connectivity index is 1.79. The van der Waals surface area contributed by atoms with Gasteiger partial charge in [0.2, 0.25) is 12.7 Å². The maximum Gasteiger partial charge on any atom is 0.231 e. The van der Waals surface area contributed by atoms with Crippen LogP contribution in [0.2, 0.25) is 0 Å². The van der Waals surface area contributed by atoms with Crippen molar-refractivity contribution < 1.29 is 24.1 Å². The van der Waals surface area contributed by atoms with Gasteiger partial charge in [0, 0.05) is 29.7 Å². The molecule has 2 N–H and O–H groups in total. The minimum Gasteiger partial charge on any atom is -0.491 e. The number of para-hydroxylation sites is 1. The predicted molar refractivity (Wildman–Crippen MR) is 86.7 cm³/mol. The van der Waals surface area contributed by atoms with Gasteiger partial charge in [0.1, 0.15) is 12.4 Å². The fraction of sp³-hybridized carbons (Fsp3) is 0.278. The van der Waals surface area contributed by atoms with E-state index in [1.54, 1.807) is 6.07 Å². The summed E-state index contributed by atoms with van der Waals surface area (Å²) in [6.07, 6.45) is 0.326. The van der Waals surface area contributed by atoms with Gasteiger partial charge in [-0.3, -0.25) is 4.79 Å². The first-order chi connectivity index (χ1) is 11.8. The van der Waals surface area contributed by atoms with Crippen LogP contribution < -0.4 is 19.5 Å². The molecule has 124 valence electrons. The molecule has 24 heavy (non-hydrogen) atoms. The average molecular weight is 327 g/mol. The van der Waals surface area contributed by atoms with Crippen molar-refractivity contribution in [1.29, 1.82) is 0 Å². The lowest BCUT2D eigenvalue weighted by Gasteiger charge is -2.27. The highest BCUT2D eigenvalue weighted by molar-refractivity contribution is 5.96. The van der Waals surface area contributed by atoms with Gasteiger partial charge in [0.15, 0.2) is 11.5 Å². The van der Waals surface area contributed by atoms with Gasteiger partial charge in [-0.15, -0.1) is 0 Å². The van der Waals surface area contributed by atoms with Crippen LogP contribution in [0.4, 0.5) is 5.69 Å². The van der Waals surface area contributed by atoms with E-state index in [0.29, 0.717) is 23.7 Å². The fourth-order valence-corrected chi connectivity index (χ4v) is 3.18. The summed E-state index contributed by atoms with van der Waals surface area (Å²) in [4.78, 5) is 12.2. The highest BCUT2D eigenvalue weighted by atomic mass is 16.7. The van der Waals surface area contributed by atoms with Gasteiger partial charge in [0.05, 0.1) is 6.61 Å². The van der Waals surface area contributed by atoms with Crippen LogP contribution in [0.1, 0.15) is 23.5 Å². The van der Waals surface area contributed by atoms with E-state index in [9.17, 15) is 4.79 Å². The first kappa shape index (κ1) is 14.8. The molecule has 1 amide bonds. The van der Waals surface area contributed by atoms with Crippen molar-refractivity contribution in [2.24, 2.45) is 0 Å². The van der Waals surface area contributed by atoms with Gasteiger partial charge in [-0.05, 0) is 17.7 Å². The molecule has 2 aliphatic rings. The average Bonchev–Trinajstić information content (AvgIpc) is 3.05. The highest BCUT2D eigenvalue weighted by Gasteiger charge is 2.31. The van der Waals surface area contributed by atoms with Crippen molar-refractivity contribution in [2.75, 3.05) is 25.3 Å². The van der Waals surface area contributed by atoms with Gasteiger partial charge in [-0.25, -0.2) is 0 Å². The Morgan fingerprint density at radius 2 is 1.96 bits per heavy atom. The second-order valence-electron chi connectivity index (χ2n) is 5.71. The number of benzene rings is 2. The van der Waals surface area contributed by atoms with E-state index < -0.39 is 0 Å². The monoisotopic (exact) mass is 327 g/mol. The van der Waals surface area contributed by atoms with Crippen LogP contribution in [-0.2, 0) is 4.79 Å². The molecule has 0 fully saturated rings. The predicted octanol–water partition coefficient (Wildman–Crippen LogP) is 2.26. The summed E-state index contributed by atoms with van der Waals surface area (Å²) < 4.78 is 16.5. The minimum absolute atomic E-state index is 0.0525. The van der Waals surface area contributed by atoms with E-state index in [1.807, 2.05) is 30.3 Å². The molecule has 0 saturated heterocycles. The number of hydrogen-bond donors (Lipinski definition) is 2. The molecule has 0 saturated carbocycles. The number of carbonyl (C=O) groups is 1. The van der Waals surface area contributed by atoms with Crippen LogP contribution in [-0.4, -0.2) is 31.0 Å². The Kier molecular flexibility index (Phi) is 3.74. The lowest BCUT2D eigenvalue weighted by Crippen LogP contribution is -2.24. The number of fused-ring (bicyclic) bond motifs is 2. The van der Waals surface area contributed by atoms with Crippen molar-refractivity contribution in [3.8, 4) is 17.2 Å². The minimum atomic E-state index is -0.141. The first-order valence-corrected chi connectivity index (χ1v) is 7.82. The van der Waals surface area contributed by atoms with E-state index in [-0.39, 0.29) is 31.8 Å². The Hall–Kier alpha value is -2.73. The Morgan fingerprint density at radius 1 is 1.17 bits per heavy atom. The first-order valence-electron chi connectivity index (χ1n) is 7.82. The second kappa shape index (κ2) is 6.05. The molecule has 0 radical (unpaired) electrons. The quantitative estimate of drug-likeness (QED) is 0.901. The number of rotatable bonds is 4. The van der Waals surface area contributed by atoms with Crippen LogP contribution in [0.3, 0.4) is 0 Å². The highest BCUT2D eigenvalue weighted by Crippen LogP contribution is 2.46. The lowest BCUT2D eigenvalue weighted by molar-refractivity contribution is -0.116. The second-order valence-corrected chi connectivity index (χ2v) is 5.71. The molecule has 2 aromatic rings. The van der Waals surface area contributed by atoms with Gasteiger partial charge in [0.25, 0.3) is 0 Å². The zero-order valence-corrected chi connectivity index (χ0v) is 13.0. The van der Waals surface area contributed by atoms with E-state index in [0.717, 1.165) is 16.8 Å². The topological polar surface area (TPSA) is 77.0 Å². The largest absolute Gasteiger partial charge is 0.491 e. The van der Waals surface area contributed by atoms with Crippen molar-refractivity contribution in [1.82, 2.24) is 0 Å². The number of nitrogens with one attached hydrogen (secondary N) is 1. The number of aliphatic hydroxyl groups is 1. The molecule has 6 heteroatoms. The van der Waals surface area contributed by atoms with Crippen molar-refractivity contribution in [2.45, 2.75) is 12.3 Å². The van der Waals surface area contributed by atoms with E-state index in [2.05, 4.69) is 5.32 Å². The van der Waals surface area contributed by atoms with Crippen molar-refractivity contribution in [3.05, 3.63) is 47.5 Å². The van der Waals surface area contributed by atoms with Crippen LogP contribution in [0.15, 0.2) is 36.4 Å². The number of amides is 1. The molecular weight excluding hydrogens is 310 g/mol. The number of anilines is 1. The summed E-state index contributed by atoms with van der Waals surface area (Å²) in [7, 11) is 0. The molecule has 2 heterocycles. The molecule has 1 unspecified atom stereocenters. The summed E-state index contributed by atoms with van der Waals surface area (Å²) >= 11 is 0. The zero-order valence-electron chi connectivity index (χ0n) is 13.0. The third kappa shape index (κ3) is 2.55. The summed E-state index contributed by atoms with van der Waals surface area (Å²) in [5, 5.41) is 11.9. The number of carbonyl (C=O) groups excluding carboxylic acids is 1. The molecule has 6 nitrogen and oxygen atoms in total. The smallest absolute Gasteiger partial charge is 0.231 e. The van der Waals surface area contributed by atoms with Gasteiger partial charge in [-0.1, -0.05) is 18.2 Å². The maximum atomic E-state index is 12.2. The molecule has 1 atom stereocenters. The molecule has 0 bridgehead atoms. The summed E-state index contributed by atoms with van der Waals surface area (Å²) in [6.45, 7) is 0.339. The number of hydrogen-bond acceptors (Lipinski definition) is 5. The van der Waals surface area contributed by atoms with E-state index >= 15 is 0 Å². The molecule has 2 aliphatic heterocycles. The molecule has 4 rings (SSSR count).